The minimum Gasteiger partial charge on any atom is -0.313 e. The van der Waals surface area contributed by atoms with Crippen molar-refractivity contribution in [2.75, 3.05) is 7.05 Å². The molecule has 2 aromatic rings. The van der Waals surface area contributed by atoms with Crippen molar-refractivity contribution in [2.24, 2.45) is 17.8 Å². The van der Waals surface area contributed by atoms with Crippen LogP contribution in [0.25, 0.3) is 10.9 Å². The van der Waals surface area contributed by atoms with Gasteiger partial charge in [0.2, 0.25) is 0 Å². The van der Waals surface area contributed by atoms with Crippen LogP contribution in [0.3, 0.4) is 0 Å². The lowest BCUT2D eigenvalue weighted by Gasteiger charge is -2.18. The van der Waals surface area contributed by atoms with E-state index in [2.05, 4.69) is 53.9 Å². The van der Waals surface area contributed by atoms with Crippen molar-refractivity contribution in [2.45, 2.75) is 25.3 Å². The first-order valence-electron chi connectivity index (χ1n) is 7.40. The summed E-state index contributed by atoms with van der Waals surface area (Å²) in [4.78, 5) is 4.61. The molecule has 0 saturated heterocycles. The number of hydrogen-bond acceptors (Lipinski definition) is 2. The minimum absolute atomic E-state index is 0.493. The van der Waals surface area contributed by atoms with Crippen LogP contribution >= 0.6 is 0 Å². The Morgan fingerprint density at radius 2 is 2.00 bits per heavy atom. The highest BCUT2D eigenvalue weighted by molar-refractivity contribution is 5.78. The Morgan fingerprint density at radius 1 is 1.21 bits per heavy atom. The molecule has 2 heteroatoms. The van der Waals surface area contributed by atoms with E-state index in [0.29, 0.717) is 6.04 Å². The molecule has 19 heavy (non-hydrogen) atoms. The van der Waals surface area contributed by atoms with Crippen LogP contribution in [0.5, 0.6) is 0 Å². The van der Waals surface area contributed by atoms with Crippen molar-refractivity contribution in [1.29, 1.82) is 0 Å². The molecule has 1 heterocycles. The van der Waals surface area contributed by atoms with Gasteiger partial charge in [0.15, 0.2) is 0 Å². The monoisotopic (exact) mass is 252 g/mol. The molecule has 2 fully saturated rings. The number of nitrogens with zero attached hydrogens (tertiary/aromatic N) is 1. The van der Waals surface area contributed by atoms with Gasteiger partial charge in [0.25, 0.3) is 0 Å². The zero-order chi connectivity index (χ0) is 12.8. The Balaban J connectivity index is 1.68. The van der Waals surface area contributed by atoms with Crippen molar-refractivity contribution >= 4 is 10.9 Å². The van der Waals surface area contributed by atoms with E-state index in [4.69, 9.17) is 0 Å². The van der Waals surface area contributed by atoms with E-state index < -0.39 is 0 Å². The van der Waals surface area contributed by atoms with Gasteiger partial charge in [-0.3, -0.25) is 4.98 Å². The molecule has 1 N–H and O–H groups in total. The maximum Gasteiger partial charge on any atom is 0.0702 e. The molecule has 1 aromatic heterocycles. The predicted molar refractivity (Wildman–Crippen MR) is 77.9 cm³/mol. The largest absolute Gasteiger partial charge is 0.313 e. The molecule has 0 amide bonds. The highest BCUT2D eigenvalue weighted by Gasteiger charge is 2.55. The molecule has 4 rings (SSSR count). The molecular formula is C17H20N2. The van der Waals surface area contributed by atoms with E-state index in [-0.39, 0.29) is 0 Å². The molecule has 2 aliphatic carbocycles. The second-order valence-electron chi connectivity index (χ2n) is 6.06. The molecule has 1 aromatic carbocycles. The van der Waals surface area contributed by atoms with E-state index in [0.717, 1.165) is 23.3 Å². The molecule has 98 valence electrons. The summed E-state index contributed by atoms with van der Waals surface area (Å²) >= 11 is 0. The Kier molecular flexibility index (Phi) is 2.59. The van der Waals surface area contributed by atoms with Gasteiger partial charge < -0.3 is 5.32 Å². The first-order chi connectivity index (χ1) is 9.38. The smallest absolute Gasteiger partial charge is 0.0702 e. The number of nitrogens with one attached hydrogen (secondary N) is 1. The highest BCUT2D eigenvalue weighted by Crippen LogP contribution is 2.62. The summed E-state index contributed by atoms with van der Waals surface area (Å²) in [6.07, 6.45) is 6.39. The summed E-state index contributed by atoms with van der Waals surface area (Å²) in [5.74, 6) is 2.80. The maximum absolute atomic E-state index is 4.61. The second-order valence-corrected chi connectivity index (χ2v) is 6.06. The van der Waals surface area contributed by atoms with E-state index in [1.165, 1.54) is 30.2 Å². The number of para-hydroxylation sites is 1. The van der Waals surface area contributed by atoms with Crippen LogP contribution in [0, 0.1) is 17.8 Å². The van der Waals surface area contributed by atoms with Crippen LogP contribution in [-0.2, 0) is 0 Å². The fourth-order valence-corrected chi connectivity index (χ4v) is 4.21. The SMILES string of the molecule is CNC(c1cnc2ccccc2c1)C1C2CCCC21. The van der Waals surface area contributed by atoms with E-state index in [1.807, 2.05) is 0 Å². The topological polar surface area (TPSA) is 24.9 Å². The van der Waals surface area contributed by atoms with Gasteiger partial charge in [-0.15, -0.1) is 0 Å². The first kappa shape index (κ1) is 11.4. The van der Waals surface area contributed by atoms with Crippen molar-refractivity contribution in [3.8, 4) is 0 Å². The molecule has 3 unspecified atom stereocenters. The number of rotatable bonds is 3. The van der Waals surface area contributed by atoms with Crippen molar-refractivity contribution in [1.82, 2.24) is 10.3 Å². The normalized spacial score (nSPS) is 30.3. The molecule has 2 nitrogen and oxygen atoms in total. The number of hydrogen-bond donors (Lipinski definition) is 1. The fraction of sp³-hybridized carbons (Fsp3) is 0.471. The van der Waals surface area contributed by atoms with Gasteiger partial charge in [-0.1, -0.05) is 24.6 Å². The lowest BCUT2D eigenvalue weighted by Crippen LogP contribution is -2.20. The van der Waals surface area contributed by atoms with Gasteiger partial charge in [-0.2, -0.15) is 0 Å². The van der Waals surface area contributed by atoms with Crippen LogP contribution < -0.4 is 5.32 Å². The Labute approximate surface area is 114 Å². The third-order valence-corrected chi connectivity index (χ3v) is 5.14. The summed E-state index contributed by atoms with van der Waals surface area (Å²) in [6.45, 7) is 0. The van der Waals surface area contributed by atoms with Gasteiger partial charge in [0.05, 0.1) is 5.52 Å². The maximum atomic E-state index is 4.61. The zero-order valence-corrected chi connectivity index (χ0v) is 11.3. The minimum atomic E-state index is 0.493. The van der Waals surface area contributed by atoms with Crippen LogP contribution in [0.15, 0.2) is 36.5 Å². The Hall–Kier alpha value is -1.41. The lowest BCUT2D eigenvalue weighted by atomic mass is 9.97. The fourth-order valence-electron chi connectivity index (χ4n) is 4.21. The van der Waals surface area contributed by atoms with Crippen LogP contribution in [0.2, 0.25) is 0 Å². The molecular weight excluding hydrogens is 232 g/mol. The van der Waals surface area contributed by atoms with Crippen molar-refractivity contribution in [3.63, 3.8) is 0 Å². The number of fused-ring (bicyclic) bond motifs is 2. The van der Waals surface area contributed by atoms with Crippen molar-refractivity contribution < 1.29 is 0 Å². The first-order valence-corrected chi connectivity index (χ1v) is 7.40. The van der Waals surface area contributed by atoms with Gasteiger partial charge in [-0.05, 0) is 55.3 Å². The van der Waals surface area contributed by atoms with E-state index in [9.17, 15) is 0 Å². The summed E-state index contributed by atoms with van der Waals surface area (Å²) in [5, 5.41) is 4.79. The van der Waals surface area contributed by atoms with E-state index in [1.54, 1.807) is 0 Å². The number of pyridine rings is 1. The molecule has 0 radical (unpaired) electrons. The Bertz CT molecular complexity index is 597. The summed E-state index contributed by atoms with van der Waals surface area (Å²) in [5.41, 5.74) is 2.46. The van der Waals surface area contributed by atoms with Gasteiger partial charge in [0.1, 0.15) is 0 Å². The van der Waals surface area contributed by atoms with Crippen LogP contribution in [-0.4, -0.2) is 12.0 Å². The van der Waals surface area contributed by atoms with Crippen molar-refractivity contribution in [3.05, 3.63) is 42.1 Å². The third kappa shape index (κ3) is 1.78. The van der Waals surface area contributed by atoms with Gasteiger partial charge in [0, 0.05) is 17.6 Å². The van der Waals surface area contributed by atoms with Crippen LogP contribution in [0.1, 0.15) is 30.9 Å². The predicted octanol–water partition coefficient (Wildman–Crippen LogP) is 3.54. The van der Waals surface area contributed by atoms with E-state index >= 15 is 0 Å². The highest BCUT2D eigenvalue weighted by atomic mass is 14.9. The molecule has 0 bridgehead atoms. The second kappa shape index (κ2) is 4.31. The summed E-state index contributed by atoms with van der Waals surface area (Å²) in [6, 6.07) is 11.2. The lowest BCUT2D eigenvalue weighted by molar-refractivity contribution is 0.444. The summed E-state index contributed by atoms with van der Waals surface area (Å²) in [7, 11) is 2.09. The van der Waals surface area contributed by atoms with Gasteiger partial charge >= 0.3 is 0 Å². The molecule has 2 saturated carbocycles. The molecule has 0 spiro atoms. The standard InChI is InChI=1S/C17H20N2/c1-18-17(16-13-6-4-7-14(13)16)12-9-11-5-2-3-8-15(11)19-10-12/h2-3,5,8-10,13-14,16-18H,4,6-7H2,1H3. The van der Waals surface area contributed by atoms with Crippen LogP contribution in [0.4, 0.5) is 0 Å². The average molecular weight is 252 g/mol. The number of aromatic nitrogens is 1. The Morgan fingerprint density at radius 3 is 2.79 bits per heavy atom. The number of benzene rings is 1. The molecule has 2 aliphatic rings. The zero-order valence-electron chi connectivity index (χ0n) is 11.3. The summed E-state index contributed by atoms with van der Waals surface area (Å²) < 4.78 is 0. The molecule has 3 atom stereocenters. The molecule has 0 aliphatic heterocycles. The van der Waals surface area contributed by atoms with Gasteiger partial charge in [-0.25, -0.2) is 0 Å². The quantitative estimate of drug-likeness (QED) is 0.903. The third-order valence-electron chi connectivity index (χ3n) is 5.14. The average Bonchev–Trinajstić information content (AvgIpc) is 2.92.